The van der Waals surface area contributed by atoms with Gasteiger partial charge < -0.3 is 9.53 Å². The molecule has 74 valence electrons. The van der Waals surface area contributed by atoms with Crippen molar-refractivity contribution in [3.8, 4) is 0 Å². The highest BCUT2D eigenvalue weighted by molar-refractivity contribution is 14.1. The maximum absolute atomic E-state index is 10.2. The van der Waals surface area contributed by atoms with Gasteiger partial charge in [-0.2, -0.15) is 0 Å². The molecule has 0 aromatic carbocycles. The molecule has 0 spiro atoms. The zero-order valence-electron chi connectivity index (χ0n) is 7.67. The van der Waals surface area contributed by atoms with Crippen LogP contribution in [-0.2, 0) is 9.53 Å². The molecular weight excluding hydrogens is 279 g/mol. The second-order valence-corrected chi connectivity index (χ2v) is 4.41. The summed E-state index contributed by atoms with van der Waals surface area (Å²) in [6.07, 6.45) is 4.89. The quantitative estimate of drug-likeness (QED) is 0.337. The van der Waals surface area contributed by atoms with Crippen molar-refractivity contribution in [2.45, 2.75) is 37.9 Å². The van der Waals surface area contributed by atoms with E-state index in [1.807, 2.05) is 0 Å². The van der Waals surface area contributed by atoms with E-state index in [2.05, 4.69) is 29.2 Å². The first-order valence-corrected chi connectivity index (χ1v) is 6.13. The zero-order valence-corrected chi connectivity index (χ0v) is 9.83. The third kappa shape index (κ3) is 3.38. The van der Waals surface area contributed by atoms with Crippen molar-refractivity contribution in [3.63, 3.8) is 0 Å². The summed E-state index contributed by atoms with van der Waals surface area (Å²) in [5.74, 6) is 0. The molecule has 2 nitrogen and oxygen atoms in total. The van der Waals surface area contributed by atoms with Crippen molar-refractivity contribution in [2.75, 3.05) is 4.43 Å². The highest BCUT2D eigenvalue weighted by atomic mass is 127. The Hall–Kier alpha value is 0.1000. The van der Waals surface area contributed by atoms with Crippen LogP contribution in [0.1, 0.15) is 25.7 Å². The minimum Gasteiger partial charge on any atom is -0.370 e. The first-order chi connectivity index (χ1) is 6.27. The second kappa shape index (κ2) is 5.75. The molecule has 1 heterocycles. The van der Waals surface area contributed by atoms with E-state index in [4.69, 9.17) is 4.74 Å². The van der Waals surface area contributed by atoms with Gasteiger partial charge in [0.25, 0.3) is 0 Å². The standard InChI is InChI=1S/C10H15IO2/c1-8-7-9(3-2-6-12)13-10(8)4-5-11/h6,9-10H,1-5,7H2/t9-,10-/m0/s1. The number of alkyl halides is 1. The van der Waals surface area contributed by atoms with Crippen LogP contribution in [0, 0.1) is 0 Å². The summed E-state index contributed by atoms with van der Waals surface area (Å²) in [6.45, 7) is 4.00. The summed E-state index contributed by atoms with van der Waals surface area (Å²) < 4.78 is 6.85. The summed E-state index contributed by atoms with van der Waals surface area (Å²) in [5.41, 5.74) is 1.20. The van der Waals surface area contributed by atoms with Gasteiger partial charge in [-0.3, -0.25) is 0 Å². The molecule has 1 rings (SSSR count). The normalized spacial score (nSPS) is 27.9. The Bertz CT molecular complexity index is 191. The molecule has 2 atom stereocenters. The van der Waals surface area contributed by atoms with Gasteiger partial charge in [0.2, 0.25) is 0 Å². The Labute approximate surface area is 92.9 Å². The Kier molecular flexibility index (Phi) is 4.94. The predicted octanol–water partition coefficient (Wildman–Crippen LogP) is 2.50. The van der Waals surface area contributed by atoms with Crippen LogP contribution in [0.25, 0.3) is 0 Å². The van der Waals surface area contributed by atoms with Crippen LogP contribution in [0.5, 0.6) is 0 Å². The van der Waals surface area contributed by atoms with Gasteiger partial charge in [-0.1, -0.05) is 29.2 Å². The lowest BCUT2D eigenvalue weighted by molar-refractivity contribution is -0.108. The largest absolute Gasteiger partial charge is 0.370 e. The molecule has 0 aromatic rings. The van der Waals surface area contributed by atoms with E-state index in [-0.39, 0.29) is 12.2 Å². The molecular formula is C10H15IO2. The molecule has 1 aliphatic rings. The summed E-state index contributed by atoms with van der Waals surface area (Å²) in [7, 11) is 0. The molecule has 0 amide bonds. The Morgan fingerprint density at radius 3 is 3.00 bits per heavy atom. The van der Waals surface area contributed by atoms with Crippen molar-refractivity contribution in [3.05, 3.63) is 12.2 Å². The molecule has 0 saturated carbocycles. The SMILES string of the molecule is C=C1C[C@H](CCC=O)O[C@H]1CCI. The summed E-state index contributed by atoms with van der Waals surface area (Å²) in [4.78, 5) is 10.2. The van der Waals surface area contributed by atoms with E-state index in [0.717, 1.165) is 30.0 Å². The fourth-order valence-corrected chi connectivity index (χ4v) is 2.16. The third-order valence-corrected chi connectivity index (χ3v) is 2.90. The highest BCUT2D eigenvalue weighted by Crippen LogP contribution is 2.29. The number of halogens is 1. The third-order valence-electron chi connectivity index (χ3n) is 2.28. The van der Waals surface area contributed by atoms with E-state index < -0.39 is 0 Å². The Morgan fingerprint density at radius 1 is 1.62 bits per heavy atom. The van der Waals surface area contributed by atoms with Crippen LogP contribution in [0.2, 0.25) is 0 Å². The molecule has 1 fully saturated rings. The van der Waals surface area contributed by atoms with E-state index >= 15 is 0 Å². The minimum absolute atomic E-state index is 0.241. The molecule has 13 heavy (non-hydrogen) atoms. The van der Waals surface area contributed by atoms with E-state index in [0.29, 0.717) is 6.42 Å². The number of ether oxygens (including phenoxy) is 1. The van der Waals surface area contributed by atoms with Crippen LogP contribution in [-0.4, -0.2) is 22.9 Å². The lowest BCUT2D eigenvalue weighted by atomic mass is 10.1. The highest BCUT2D eigenvalue weighted by Gasteiger charge is 2.27. The topological polar surface area (TPSA) is 26.3 Å². The van der Waals surface area contributed by atoms with E-state index in [1.54, 1.807) is 0 Å². The molecule has 0 radical (unpaired) electrons. The van der Waals surface area contributed by atoms with Crippen molar-refractivity contribution >= 4 is 28.9 Å². The van der Waals surface area contributed by atoms with Crippen LogP contribution < -0.4 is 0 Å². The predicted molar refractivity (Wildman–Crippen MR) is 61.2 cm³/mol. The van der Waals surface area contributed by atoms with Gasteiger partial charge in [0.1, 0.15) is 6.29 Å². The van der Waals surface area contributed by atoms with E-state index in [1.165, 1.54) is 5.57 Å². The van der Waals surface area contributed by atoms with Crippen LogP contribution in [0.4, 0.5) is 0 Å². The van der Waals surface area contributed by atoms with Crippen molar-refractivity contribution < 1.29 is 9.53 Å². The number of rotatable bonds is 5. The first kappa shape index (κ1) is 11.2. The van der Waals surface area contributed by atoms with Crippen LogP contribution >= 0.6 is 22.6 Å². The average Bonchev–Trinajstić information content (AvgIpc) is 2.45. The number of hydrogen-bond acceptors (Lipinski definition) is 2. The van der Waals surface area contributed by atoms with Crippen molar-refractivity contribution in [2.24, 2.45) is 0 Å². The van der Waals surface area contributed by atoms with Gasteiger partial charge in [0.15, 0.2) is 0 Å². The maximum atomic E-state index is 10.2. The lowest BCUT2D eigenvalue weighted by Crippen LogP contribution is -2.11. The van der Waals surface area contributed by atoms with Gasteiger partial charge >= 0.3 is 0 Å². The van der Waals surface area contributed by atoms with Gasteiger partial charge in [-0.15, -0.1) is 0 Å². The minimum atomic E-state index is 0.241. The summed E-state index contributed by atoms with van der Waals surface area (Å²) in [5, 5.41) is 0. The zero-order chi connectivity index (χ0) is 9.68. The van der Waals surface area contributed by atoms with Gasteiger partial charge in [-0.25, -0.2) is 0 Å². The molecule has 0 aromatic heterocycles. The Balaban J connectivity index is 2.31. The molecule has 1 aliphatic heterocycles. The lowest BCUT2D eigenvalue weighted by Gasteiger charge is -2.11. The summed E-state index contributed by atoms with van der Waals surface area (Å²) in [6, 6.07) is 0. The van der Waals surface area contributed by atoms with Crippen LogP contribution in [0.3, 0.4) is 0 Å². The van der Waals surface area contributed by atoms with Gasteiger partial charge in [0.05, 0.1) is 12.2 Å². The fraction of sp³-hybridized carbons (Fsp3) is 0.700. The molecule has 3 heteroatoms. The average molecular weight is 294 g/mol. The molecule has 0 bridgehead atoms. The van der Waals surface area contributed by atoms with Gasteiger partial charge in [-0.05, 0) is 24.8 Å². The van der Waals surface area contributed by atoms with Crippen LogP contribution in [0.15, 0.2) is 12.2 Å². The number of carbonyl (C=O) groups is 1. The maximum Gasteiger partial charge on any atom is 0.120 e. The number of hydrogen-bond donors (Lipinski definition) is 0. The fourth-order valence-electron chi connectivity index (χ4n) is 1.60. The molecule has 0 N–H and O–H groups in total. The number of aldehydes is 1. The first-order valence-electron chi connectivity index (χ1n) is 4.60. The second-order valence-electron chi connectivity index (χ2n) is 3.33. The monoisotopic (exact) mass is 294 g/mol. The smallest absolute Gasteiger partial charge is 0.120 e. The van der Waals surface area contributed by atoms with Crippen molar-refractivity contribution in [1.82, 2.24) is 0 Å². The number of carbonyl (C=O) groups excluding carboxylic acids is 1. The van der Waals surface area contributed by atoms with E-state index in [9.17, 15) is 4.79 Å². The Morgan fingerprint density at radius 2 is 2.38 bits per heavy atom. The van der Waals surface area contributed by atoms with Gasteiger partial charge in [0, 0.05) is 10.8 Å². The molecule has 0 unspecified atom stereocenters. The summed E-state index contributed by atoms with van der Waals surface area (Å²) >= 11 is 2.35. The molecule has 1 saturated heterocycles. The molecule has 0 aliphatic carbocycles. The van der Waals surface area contributed by atoms with Crippen molar-refractivity contribution in [1.29, 1.82) is 0 Å².